The summed E-state index contributed by atoms with van der Waals surface area (Å²) in [4.78, 5) is 24.0. The molecule has 2 aromatic carbocycles. The number of hydrogen-bond acceptors (Lipinski definition) is 4. The maximum atomic E-state index is 12.8. The van der Waals surface area contributed by atoms with E-state index in [-0.39, 0.29) is 0 Å². The molecule has 2 N–H and O–H groups in total. The standard InChI is InChI=1S/C18H18BrFN2O4/c1-11(25-15-7-3-13(19)4-8-15)17(23)21-22-18(24)12(2)26-16-9-5-14(20)6-10-16/h3-12H,1-2H3,(H,21,23)(H,22,24). The lowest BCUT2D eigenvalue weighted by Gasteiger charge is -2.17. The molecule has 0 fully saturated rings. The van der Waals surface area contributed by atoms with Crippen LogP contribution in [0.4, 0.5) is 4.39 Å². The molecular weight excluding hydrogens is 407 g/mol. The van der Waals surface area contributed by atoms with Crippen LogP contribution in [-0.2, 0) is 9.59 Å². The summed E-state index contributed by atoms with van der Waals surface area (Å²) in [6.45, 7) is 3.06. The molecule has 26 heavy (non-hydrogen) atoms. The maximum absolute atomic E-state index is 12.8. The largest absolute Gasteiger partial charge is 0.481 e. The molecule has 0 bridgehead atoms. The first-order valence-corrected chi connectivity index (χ1v) is 8.58. The molecule has 0 aromatic heterocycles. The van der Waals surface area contributed by atoms with Crippen LogP contribution in [0.3, 0.4) is 0 Å². The van der Waals surface area contributed by atoms with Crippen molar-refractivity contribution in [2.24, 2.45) is 0 Å². The summed E-state index contributed by atoms with van der Waals surface area (Å²) >= 11 is 3.31. The Bertz CT molecular complexity index is 687. The van der Waals surface area contributed by atoms with Crippen LogP contribution in [0.2, 0.25) is 0 Å². The Morgan fingerprint density at radius 3 is 1.65 bits per heavy atom. The number of hydrazine groups is 1. The first kappa shape index (κ1) is 19.7. The highest BCUT2D eigenvalue weighted by Gasteiger charge is 2.19. The van der Waals surface area contributed by atoms with Crippen molar-refractivity contribution in [2.75, 3.05) is 0 Å². The topological polar surface area (TPSA) is 76.7 Å². The van der Waals surface area contributed by atoms with Gasteiger partial charge in [-0.15, -0.1) is 0 Å². The van der Waals surface area contributed by atoms with Gasteiger partial charge in [-0.1, -0.05) is 15.9 Å². The van der Waals surface area contributed by atoms with Crippen LogP contribution < -0.4 is 20.3 Å². The maximum Gasteiger partial charge on any atom is 0.279 e. The molecule has 0 radical (unpaired) electrons. The van der Waals surface area contributed by atoms with Gasteiger partial charge in [0.1, 0.15) is 17.3 Å². The summed E-state index contributed by atoms with van der Waals surface area (Å²) in [5.74, 6) is -0.613. The number of halogens is 2. The average molecular weight is 425 g/mol. The minimum atomic E-state index is -0.886. The lowest BCUT2D eigenvalue weighted by atomic mass is 10.3. The molecule has 2 amide bonds. The zero-order valence-electron chi connectivity index (χ0n) is 14.2. The van der Waals surface area contributed by atoms with E-state index in [0.29, 0.717) is 11.5 Å². The monoisotopic (exact) mass is 424 g/mol. The minimum Gasteiger partial charge on any atom is -0.481 e. The number of amides is 2. The number of hydrogen-bond donors (Lipinski definition) is 2. The Kier molecular flexibility index (Phi) is 6.97. The van der Waals surface area contributed by atoms with Gasteiger partial charge in [0.25, 0.3) is 11.8 Å². The highest BCUT2D eigenvalue weighted by Crippen LogP contribution is 2.17. The Morgan fingerprint density at radius 2 is 1.23 bits per heavy atom. The van der Waals surface area contributed by atoms with Crippen LogP contribution in [0.5, 0.6) is 11.5 Å². The summed E-state index contributed by atoms with van der Waals surface area (Å²) in [6, 6.07) is 12.3. The number of rotatable bonds is 6. The number of ether oxygens (including phenoxy) is 2. The van der Waals surface area contributed by atoms with Crippen LogP contribution in [0.1, 0.15) is 13.8 Å². The Labute approximate surface area is 158 Å². The molecule has 8 heteroatoms. The normalized spacial score (nSPS) is 12.6. The first-order chi connectivity index (χ1) is 12.3. The Morgan fingerprint density at radius 1 is 0.846 bits per heavy atom. The summed E-state index contributed by atoms with van der Waals surface area (Å²) in [5.41, 5.74) is 4.54. The van der Waals surface area contributed by atoms with Crippen LogP contribution in [-0.4, -0.2) is 24.0 Å². The summed E-state index contributed by atoms with van der Waals surface area (Å²) < 4.78 is 24.6. The zero-order valence-corrected chi connectivity index (χ0v) is 15.7. The fourth-order valence-corrected chi connectivity index (χ4v) is 2.13. The third-order valence-corrected chi connectivity index (χ3v) is 3.83. The average Bonchev–Trinajstić information content (AvgIpc) is 2.63. The first-order valence-electron chi connectivity index (χ1n) is 7.79. The van der Waals surface area contributed by atoms with Crippen molar-refractivity contribution >= 4 is 27.7 Å². The fourth-order valence-electron chi connectivity index (χ4n) is 1.87. The SMILES string of the molecule is CC(Oc1ccc(F)cc1)C(=O)NNC(=O)C(C)Oc1ccc(Br)cc1. The van der Waals surface area contributed by atoms with E-state index in [4.69, 9.17) is 9.47 Å². The fraction of sp³-hybridized carbons (Fsp3) is 0.222. The molecule has 6 nitrogen and oxygen atoms in total. The van der Waals surface area contributed by atoms with Gasteiger partial charge < -0.3 is 9.47 Å². The van der Waals surface area contributed by atoms with Gasteiger partial charge in [0, 0.05) is 4.47 Å². The van der Waals surface area contributed by atoms with Crippen molar-refractivity contribution in [1.82, 2.24) is 10.9 Å². The van der Waals surface area contributed by atoms with Crippen molar-refractivity contribution in [3.63, 3.8) is 0 Å². The van der Waals surface area contributed by atoms with Crippen LogP contribution >= 0.6 is 15.9 Å². The van der Waals surface area contributed by atoms with Gasteiger partial charge in [0.15, 0.2) is 12.2 Å². The molecule has 2 aromatic rings. The van der Waals surface area contributed by atoms with E-state index in [1.54, 1.807) is 31.2 Å². The molecule has 0 saturated heterocycles. The van der Waals surface area contributed by atoms with Gasteiger partial charge >= 0.3 is 0 Å². The number of carbonyl (C=O) groups excluding carboxylic acids is 2. The Hall–Kier alpha value is -2.61. The van der Waals surface area contributed by atoms with Crippen LogP contribution in [0.15, 0.2) is 53.0 Å². The molecule has 2 unspecified atom stereocenters. The van der Waals surface area contributed by atoms with Crippen molar-refractivity contribution in [3.05, 3.63) is 58.8 Å². The second-order valence-corrected chi connectivity index (χ2v) is 6.32. The summed E-state index contributed by atoms with van der Waals surface area (Å²) in [7, 11) is 0. The third kappa shape index (κ3) is 6.03. The lowest BCUT2D eigenvalue weighted by molar-refractivity contribution is -0.135. The van der Waals surface area contributed by atoms with Crippen molar-refractivity contribution in [1.29, 1.82) is 0 Å². The van der Waals surface area contributed by atoms with Gasteiger partial charge in [0.2, 0.25) is 0 Å². The van der Waals surface area contributed by atoms with Gasteiger partial charge in [-0.05, 0) is 62.4 Å². The highest BCUT2D eigenvalue weighted by atomic mass is 79.9. The minimum absolute atomic E-state index is 0.340. The molecule has 0 heterocycles. The molecule has 0 aliphatic carbocycles. The predicted molar refractivity (Wildman–Crippen MR) is 97.0 cm³/mol. The van der Waals surface area contributed by atoms with Crippen molar-refractivity contribution in [2.45, 2.75) is 26.1 Å². The van der Waals surface area contributed by atoms with E-state index < -0.39 is 29.8 Å². The quantitative estimate of drug-likeness (QED) is 0.698. The van der Waals surface area contributed by atoms with Crippen molar-refractivity contribution < 1.29 is 23.5 Å². The van der Waals surface area contributed by atoms with Crippen molar-refractivity contribution in [3.8, 4) is 11.5 Å². The zero-order chi connectivity index (χ0) is 19.1. The molecule has 0 saturated carbocycles. The van der Waals surface area contributed by atoms with E-state index in [1.165, 1.54) is 31.2 Å². The number of nitrogens with one attached hydrogen (secondary N) is 2. The molecule has 2 rings (SSSR count). The van der Waals surface area contributed by atoms with Crippen LogP contribution in [0.25, 0.3) is 0 Å². The van der Waals surface area contributed by atoms with E-state index in [9.17, 15) is 14.0 Å². The lowest BCUT2D eigenvalue weighted by Crippen LogP contribution is -2.50. The number of benzene rings is 2. The molecule has 0 aliphatic heterocycles. The van der Waals surface area contributed by atoms with E-state index in [0.717, 1.165) is 4.47 Å². The predicted octanol–water partition coefficient (Wildman–Crippen LogP) is 2.97. The van der Waals surface area contributed by atoms with E-state index in [1.807, 2.05) is 0 Å². The second kappa shape index (κ2) is 9.19. The number of carbonyl (C=O) groups is 2. The van der Waals surface area contributed by atoms with Crippen LogP contribution in [0, 0.1) is 5.82 Å². The van der Waals surface area contributed by atoms with E-state index in [2.05, 4.69) is 26.8 Å². The molecule has 138 valence electrons. The van der Waals surface area contributed by atoms with Gasteiger partial charge in [-0.25, -0.2) is 4.39 Å². The van der Waals surface area contributed by atoms with E-state index >= 15 is 0 Å². The summed E-state index contributed by atoms with van der Waals surface area (Å²) in [6.07, 6.45) is -1.70. The smallest absolute Gasteiger partial charge is 0.279 e. The highest BCUT2D eigenvalue weighted by molar-refractivity contribution is 9.10. The molecule has 0 aliphatic rings. The van der Waals surface area contributed by atoms with Gasteiger partial charge in [-0.2, -0.15) is 0 Å². The second-order valence-electron chi connectivity index (χ2n) is 5.41. The molecular formula is C18H18BrFN2O4. The Balaban J connectivity index is 1.78. The summed E-state index contributed by atoms with van der Waals surface area (Å²) in [5, 5.41) is 0. The third-order valence-electron chi connectivity index (χ3n) is 3.30. The molecule has 2 atom stereocenters. The van der Waals surface area contributed by atoms with Gasteiger partial charge in [-0.3, -0.25) is 20.4 Å². The molecule has 0 spiro atoms. The van der Waals surface area contributed by atoms with Gasteiger partial charge in [0.05, 0.1) is 0 Å².